The average molecular weight is 509 g/mol. The van der Waals surface area contributed by atoms with Gasteiger partial charge in [-0.05, 0) is 72.0 Å². The van der Waals surface area contributed by atoms with Crippen molar-refractivity contribution in [1.29, 1.82) is 5.26 Å². The molecule has 1 saturated heterocycles. The van der Waals surface area contributed by atoms with Crippen molar-refractivity contribution in [2.45, 2.75) is 45.2 Å². The fourth-order valence-corrected chi connectivity index (χ4v) is 5.18. The number of fused-ring (bicyclic) bond motifs is 2. The summed E-state index contributed by atoms with van der Waals surface area (Å²) in [6, 6.07) is 21.0. The number of nitrogens with zero attached hydrogens (tertiary/aromatic N) is 4. The Labute approximate surface area is 220 Å². The minimum atomic E-state index is -0.940. The monoisotopic (exact) mass is 508 g/mol. The van der Waals surface area contributed by atoms with Crippen LogP contribution in [0.1, 0.15) is 44.9 Å². The largest absolute Gasteiger partial charge is 0.489 e. The summed E-state index contributed by atoms with van der Waals surface area (Å²) in [7, 11) is 0. The van der Waals surface area contributed by atoms with Crippen molar-refractivity contribution in [3.05, 3.63) is 94.3 Å². The SMILES string of the molecule is N#Cc1cccc(COc2ccc3c(c2)CN(Cc2nc4ccc(C(=O)O)cc4n2C[C@@H]2CCO2)CC3)c1. The van der Waals surface area contributed by atoms with Gasteiger partial charge in [0.15, 0.2) is 0 Å². The van der Waals surface area contributed by atoms with Crippen LogP contribution in [0.25, 0.3) is 11.0 Å². The minimum absolute atomic E-state index is 0.135. The molecule has 0 aliphatic carbocycles. The molecule has 38 heavy (non-hydrogen) atoms. The van der Waals surface area contributed by atoms with Crippen molar-refractivity contribution < 1.29 is 19.4 Å². The molecule has 0 saturated carbocycles. The van der Waals surface area contributed by atoms with E-state index in [4.69, 9.17) is 19.7 Å². The lowest BCUT2D eigenvalue weighted by molar-refractivity contribution is -0.0592. The molecule has 192 valence electrons. The van der Waals surface area contributed by atoms with Gasteiger partial charge in [0.1, 0.15) is 18.2 Å². The van der Waals surface area contributed by atoms with E-state index in [1.54, 1.807) is 24.3 Å². The van der Waals surface area contributed by atoms with E-state index in [0.29, 0.717) is 25.3 Å². The Bertz CT molecular complexity index is 1550. The first-order chi connectivity index (χ1) is 18.6. The topological polar surface area (TPSA) is 101 Å². The standard InChI is InChI=1S/C30H28N4O4/c31-15-20-2-1-3-21(12-20)19-38-25-6-4-22-8-10-33(16-24(22)13-25)18-29-32-27-7-5-23(30(35)36)14-28(27)34(29)17-26-9-11-37-26/h1-7,12-14,26H,8-11,16-19H2,(H,35,36)/t26-/m0/s1. The number of rotatable bonds is 8. The first-order valence-electron chi connectivity index (χ1n) is 12.9. The Kier molecular flexibility index (Phi) is 6.54. The van der Waals surface area contributed by atoms with Gasteiger partial charge in [-0.25, -0.2) is 9.78 Å². The summed E-state index contributed by atoms with van der Waals surface area (Å²) < 4.78 is 13.9. The summed E-state index contributed by atoms with van der Waals surface area (Å²) in [5.74, 6) is 0.791. The van der Waals surface area contributed by atoms with Gasteiger partial charge in [0.2, 0.25) is 0 Å². The van der Waals surface area contributed by atoms with E-state index in [1.807, 2.05) is 24.3 Å². The number of nitriles is 1. The van der Waals surface area contributed by atoms with Crippen LogP contribution in [0.3, 0.4) is 0 Å². The molecule has 4 aromatic rings. The van der Waals surface area contributed by atoms with Gasteiger partial charge in [0, 0.05) is 19.7 Å². The number of carboxylic acid groups (broad SMARTS) is 1. The molecule has 0 spiro atoms. The van der Waals surface area contributed by atoms with E-state index in [-0.39, 0.29) is 11.7 Å². The van der Waals surface area contributed by atoms with Crippen molar-refractivity contribution in [2.24, 2.45) is 0 Å². The molecule has 1 fully saturated rings. The molecule has 0 bridgehead atoms. The molecule has 8 nitrogen and oxygen atoms in total. The van der Waals surface area contributed by atoms with Crippen molar-refractivity contribution in [3.8, 4) is 11.8 Å². The molecule has 6 rings (SSSR count). The van der Waals surface area contributed by atoms with Gasteiger partial charge in [-0.3, -0.25) is 4.90 Å². The molecule has 1 aromatic heterocycles. The summed E-state index contributed by atoms with van der Waals surface area (Å²) in [6.07, 6.45) is 2.07. The highest BCUT2D eigenvalue weighted by Crippen LogP contribution is 2.28. The zero-order valence-electron chi connectivity index (χ0n) is 21.0. The smallest absolute Gasteiger partial charge is 0.335 e. The first-order valence-corrected chi connectivity index (χ1v) is 12.9. The number of imidazole rings is 1. The Morgan fingerprint density at radius 1 is 1.16 bits per heavy atom. The van der Waals surface area contributed by atoms with E-state index >= 15 is 0 Å². The minimum Gasteiger partial charge on any atom is -0.489 e. The number of hydrogen-bond acceptors (Lipinski definition) is 6. The summed E-state index contributed by atoms with van der Waals surface area (Å²) in [4.78, 5) is 18.9. The number of aromatic carboxylic acids is 1. The van der Waals surface area contributed by atoms with E-state index in [0.717, 1.165) is 60.7 Å². The predicted octanol–water partition coefficient (Wildman–Crippen LogP) is 4.53. The van der Waals surface area contributed by atoms with Crippen LogP contribution in [0.2, 0.25) is 0 Å². The Morgan fingerprint density at radius 2 is 2.05 bits per heavy atom. The number of benzene rings is 3. The molecule has 2 aliphatic rings. The van der Waals surface area contributed by atoms with Gasteiger partial charge in [0.05, 0.1) is 47.4 Å². The van der Waals surface area contributed by atoms with Crippen molar-refractivity contribution in [2.75, 3.05) is 13.2 Å². The van der Waals surface area contributed by atoms with Gasteiger partial charge in [-0.1, -0.05) is 18.2 Å². The Balaban J connectivity index is 1.20. The summed E-state index contributed by atoms with van der Waals surface area (Å²) >= 11 is 0. The van der Waals surface area contributed by atoms with Crippen LogP contribution in [-0.4, -0.2) is 44.8 Å². The maximum atomic E-state index is 11.6. The molecule has 0 amide bonds. The summed E-state index contributed by atoms with van der Waals surface area (Å²) in [5, 5.41) is 18.6. The highest BCUT2D eigenvalue weighted by Gasteiger charge is 2.24. The molecule has 3 heterocycles. The molecule has 2 aliphatic heterocycles. The normalized spacial score (nSPS) is 17.0. The second-order valence-electron chi connectivity index (χ2n) is 9.92. The lowest BCUT2D eigenvalue weighted by atomic mass is 9.99. The molecule has 1 N–H and O–H groups in total. The predicted molar refractivity (Wildman–Crippen MR) is 141 cm³/mol. The third-order valence-corrected chi connectivity index (χ3v) is 7.35. The molecular weight excluding hydrogens is 480 g/mol. The van der Waals surface area contributed by atoms with Crippen LogP contribution in [0.15, 0.2) is 60.7 Å². The molecule has 8 heteroatoms. The number of hydrogen-bond donors (Lipinski definition) is 1. The maximum Gasteiger partial charge on any atom is 0.335 e. The fourth-order valence-electron chi connectivity index (χ4n) is 5.18. The zero-order valence-corrected chi connectivity index (χ0v) is 21.0. The second kappa shape index (κ2) is 10.3. The molecule has 3 aromatic carbocycles. The lowest BCUT2D eigenvalue weighted by Crippen LogP contribution is -2.34. The van der Waals surface area contributed by atoms with Crippen LogP contribution in [0.4, 0.5) is 0 Å². The maximum absolute atomic E-state index is 11.6. The lowest BCUT2D eigenvalue weighted by Gasteiger charge is -2.30. The van der Waals surface area contributed by atoms with Gasteiger partial charge in [0.25, 0.3) is 0 Å². The van der Waals surface area contributed by atoms with E-state index in [9.17, 15) is 9.90 Å². The van der Waals surface area contributed by atoms with Crippen molar-refractivity contribution >= 4 is 17.0 Å². The van der Waals surface area contributed by atoms with Crippen molar-refractivity contribution in [3.63, 3.8) is 0 Å². The number of carboxylic acids is 1. The Morgan fingerprint density at radius 3 is 2.84 bits per heavy atom. The van der Waals surface area contributed by atoms with Crippen LogP contribution in [-0.2, 0) is 37.4 Å². The second-order valence-corrected chi connectivity index (χ2v) is 9.92. The van der Waals surface area contributed by atoms with Crippen LogP contribution in [0.5, 0.6) is 5.75 Å². The zero-order chi connectivity index (χ0) is 26.1. The quantitative estimate of drug-likeness (QED) is 0.373. The van der Waals surface area contributed by atoms with Gasteiger partial charge >= 0.3 is 5.97 Å². The summed E-state index contributed by atoms with van der Waals surface area (Å²) in [6.45, 7) is 4.20. The molecule has 0 radical (unpaired) electrons. The number of ether oxygens (including phenoxy) is 2. The Hall–Kier alpha value is -4.19. The highest BCUT2D eigenvalue weighted by molar-refractivity contribution is 5.92. The van der Waals surface area contributed by atoms with Crippen molar-refractivity contribution in [1.82, 2.24) is 14.5 Å². The van der Waals surface area contributed by atoms with E-state index in [2.05, 4.69) is 27.7 Å². The highest BCUT2D eigenvalue weighted by atomic mass is 16.5. The first kappa shape index (κ1) is 24.2. The summed E-state index contributed by atoms with van der Waals surface area (Å²) in [5.41, 5.74) is 6.05. The van der Waals surface area contributed by atoms with Crippen LogP contribution < -0.4 is 4.74 Å². The average Bonchev–Trinajstić information content (AvgIpc) is 3.25. The van der Waals surface area contributed by atoms with E-state index < -0.39 is 5.97 Å². The fraction of sp³-hybridized carbons (Fsp3) is 0.300. The molecule has 1 atom stereocenters. The molecule has 0 unspecified atom stereocenters. The number of aromatic nitrogens is 2. The van der Waals surface area contributed by atoms with E-state index in [1.165, 1.54) is 11.1 Å². The van der Waals surface area contributed by atoms with Crippen LogP contribution in [0, 0.1) is 11.3 Å². The van der Waals surface area contributed by atoms with Gasteiger partial charge in [-0.2, -0.15) is 5.26 Å². The van der Waals surface area contributed by atoms with Gasteiger partial charge in [-0.15, -0.1) is 0 Å². The van der Waals surface area contributed by atoms with Crippen LogP contribution >= 0.6 is 0 Å². The van der Waals surface area contributed by atoms with Gasteiger partial charge < -0.3 is 19.1 Å². The third-order valence-electron chi connectivity index (χ3n) is 7.35. The number of carbonyl (C=O) groups is 1. The molecular formula is C30H28N4O4. The third kappa shape index (κ3) is 4.99.